The quantitative estimate of drug-likeness (QED) is 0.636. The summed E-state index contributed by atoms with van der Waals surface area (Å²) in [6.07, 6.45) is 1.50. The normalized spacial score (nSPS) is 10.4. The van der Waals surface area contributed by atoms with Crippen LogP contribution in [0.2, 0.25) is 0 Å². The summed E-state index contributed by atoms with van der Waals surface area (Å²) in [7, 11) is 2.98. The number of carbonyl (C=O) groups excluding carboxylic acids is 1. The van der Waals surface area contributed by atoms with Crippen molar-refractivity contribution in [2.75, 3.05) is 14.2 Å². The first kappa shape index (κ1) is 15.6. The lowest BCUT2D eigenvalue weighted by molar-refractivity contribution is 0.0435. The molecule has 0 spiro atoms. The number of carbonyl (C=O) groups is 1. The van der Waals surface area contributed by atoms with E-state index in [0.717, 1.165) is 0 Å². The van der Waals surface area contributed by atoms with Crippen molar-refractivity contribution in [3.8, 4) is 23.1 Å². The fraction of sp³-hybridized carbons (Fsp3) is 0.188. The van der Waals surface area contributed by atoms with Crippen LogP contribution in [0, 0.1) is 0 Å². The van der Waals surface area contributed by atoms with Crippen molar-refractivity contribution in [2.45, 2.75) is 6.61 Å². The lowest BCUT2D eigenvalue weighted by Crippen LogP contribution is -2.07. The molecule has 0 saturated carbocycles. The minimum Gasteiger partial charge on any atom is -0.497 e. The van der Waals surface area contributed by atoms with E-state index in [-0.39, 0.29) is 24.0 Å². The fourth-order valence-corrected chi connectivity index (χ4v) is 1.98. The van der Waals surface area contributed by atoms with Crippen LogP contribution in [0.5, 0.6) is 11.5 Å². The molecule has 2 aromatic heterocycles. The Kier molecular flexibility index (Phi) is 4.46. The van der Waals surface area contributed by atoms with E-state index >= 15 is 0 Å². The Hall–Kier alpha value is -3.29. The molecule has 0 bridgehead atoms. The third-order valence-electron chi connectivity index (χ3n) is 3.15. The first-order valence-electron chi connectivity index (χ1n) is 6.96. The summed E-state index contributed by atoms with van der Waals surface area (Å²) in [5.74, 6) is 1.16. The van der Waals surface area contributed by atoms with Crippen molar-refractivity contribution in [1.82, 2.24) is 10.2 Å². The van der Waals surface area contributed by atoms with E-state index in [2.05, 4.69) is 10.2 Å². The zero-order chi connectivity index (χ0) is 16.9. The van der Waals surface area contributed by atoms with Crippen molar-refractivity contribution in [3.63, 3.8) is 0 Å². The molecule has 0 atom stereocenters. The molecule has 1 aromatic carbocycles. The van der Waals surface area contributed by atoms with E-state index in [1.807, 2.05) is 0 Å². The Bertz CT molecular complexity index is 825. The Morgan fingerprint density at radius 2 is 2.04 bits per heavy atom. The van der Waals surface area contributed by atoms with Crippen LogP contribution >= 0.6 is 0 Å². The van der Waals surface area contributed by atoms with Gasteiger partial charge in [0, 0.05) is 6.07 Å². The monoisotopic (exact) mass is 330 g/mol. The second-order valence-electron chi connectivity index (χ2n) is 4.62. The van der Waals surface area contributed by atoms with Crippen LogP contribution in [0.3, 0.4) is 0 Å². The number of nitrogens with zero attached hydrogens (tertiary/aromatic N) is 2. The Balaban J connectivity index is 1.67. The van der Waals surface area contributed by atoms with Gasteiger partial charge in [0.25, 0.3) is 11.8 Å². The molecule has 8 nitrogen and oxygen atoms in total. The third-order valence-corrected chi connectivity index (χ3v) is 3.15. The smallest absolute Gasteiger partial charge is 0.342 e. The van der Waals surface area contributed by atoms with Gasteiger partial charge in [-0.3, -0.25) is 0 Å². The second kappa shape index (κ2) is 6.86. The van der Waals surface area contributed by atoms with Crippen LogP contribution in [0.4, 0.5) is 0 Å². The molecule has 24 heavy (non-hydrogen) atoms. The number of furan rings is 1. The van der Waals surface area contributed by atoms with Gasteiger partial charge >= 0.3 is 5.97 Å². The molecular weight excluding hydrogens is 316 g/mol. The van der Waals surface area contributed by atoms with Crippen LogP contribution in [-0.2, 0) is 11.3 Å². The van der Waals surface area contributed by atoms with E-state index in [1.165, 1.54) is 20.5 Å². The number of esters is 1. The summed E-state index contributed by atoms with van der Waals surface area (Å²) in [5, 5.41) is 7.63. The summed E-state index contributed by atoms with van der Waals surface area (Å²) in [5.41, 5.74) is 0.268. The average Bonchev–Trinajstić information content (AvgIpc) is 3.30. The molecule has 0 radical (unpaired) electrons. The van der Waals surface area contributed by atoms with Gasteiger partial charge in [-0.05, 0) is 24.3 Å². The van der Waals surface area contributed by atoms with Crippen LogP contribution in [0.15, 0.2) is 45.4 Å². The largest absolute Gasteiger partial charge is 0.497 e. The van der Waals surface area contributed by atoms with E-state index in [4.69, 9.17) is 23.0 Å². The molecule has 0 aliphatic rings. The van der Waals surface area contributed by atoms with Gasteiger partial charge in [0.1, 0.15) is 17.1 Å². The topological polar surface area (TPSA) is 96.8 Å². The number of rotatable bonds is 6. The lowest BCUT2D eigenvalue weighted by Gasteiger charge is -2.09. The van der Waals surface area contributed by atoms with Gasteiger partial charge in [0.15, 0.2) is 12.4 Å². The van der Waals surface area contributed by atoms with Crippen molar-refractivity contribution in [1.29, 1.82) is 0 Å². The van der Waals surface area contributed by atoms with Gasteiger partial charge in [0.05, 0.1) is 20.5 Å². The second-order valence-corrected chi connectivity index (χ2v) is 4.62. The maximum atomic E-state index is 12.2. The van der Waals surface area contributed by atoms with Crippen molar-refractivity contribution < 1.29 is 27.8 Å². The number of methoxy groups -OCH3 is 2. The summed E-state index contributed by atoms with van der Waals surface area (Å²) in [4.78, 5) is 12.2. The molecule has 0 aliphatic carbocycles. The molecule has 3 aromatic rings. The van der Waals surface area contributed by atoms with E-state index in [1.54, 1.807) is 30.3 Å². The summed E-state index contributed by atoms with van der Waals surface area (Å²) in [6, 6.07) is 8.18. The number of benzene rings is 1. The first-order chi connectivity index (χ1) is 11.7. The SMILES string of the molecule is COc1ccc(C(=O)OCc2nnc(-c3ccco3)o2)c(OC)c1. The third kappa shape index (κ3) is 3.22. The van der Waals surface area contributed by atoms with Crippen LogP contribution < -0.4 is 9.47 Å². The molecule has 124 valence electrons. The average molecular weight is 330 g/mol. The van der Waals surface area contributed by atoms with Gasteiger partial charge in [-0.15, -0.1) is 10.2 Å². The van der Waals surface area contributed by atoms with Gasteiger partial charge < -0.3 is 23.0 Å². The maximum absolute atomic E-state index is 12.2. The Morgan fingerprint density at radius 3 is 2.75 bits per heavy atom. The van der Waals surface area contributed by atoms with Crippen molar-refractivity contribution in [3.05, 3.63) is 48.0 Å². The molecule has 0 amide bonds. The zero-order valence-electron chi connectivity index (χ0n) is 13.0. The minimum atomic E-state index is -0.577. The predicted octanol–water partition coefficient (Wildman–Crippen LogP) is 2.70. The highest BCUT2D eigenvalue weighted by atomic mass is 16.5. The standard InChI is InChI=1S/C16H14N2O6/c1-20-10-5-6-11(13(8-10)21-2)16(19)23-9-14-17-18-15(24-14)12-4-3-7-22-12/h3-8H,9H2,1-2H3. The van der Waals surface area contributed by atoms with Gasteiger partial charge in [-0.2, -0.15) is 0 Å². The van der Waals surface area contributed by atoms with Crippen LogP contribution in [0.1, 0.15) is 16.2 Å². The van der Waals surface area contributed by atoms with Gasteiger partial charge in [0.2, 0.25) is 0 Å². The van der Waals surface area contributed by atoms with Crippen LogP contribution in [0.25, 0.3) is 11.7 Å². The summed E-state index contributed by atoms with van der Waals surface area (Å²) in [6.45, 7) is -0.165. The van der Waals surface area contributed by atoms with E-state index < -0.39 is 5.97 Å². The van der Waals surface area contributed by atoms with Gasteiger partial charge in [-0.25, -0.2) is 4.79 Å². The zero-order valence-corrected chi connectivity index (χ0v) is 13.0. The number of aromatic nitrogens is 2. The molecule has 0 unspecified atom stereocenters. The number of hydrogen-bond acceptors (Lipinski definition) is 8. The minimum absolute atomic E-state index is 0.155. The first-order valence-corrected chi connectivity index (χ1v) is 6.96. The van der Waals surface area contributed by atoms with E-state index in [9.17, 15) is 4.79 Å². The molecule has 8 heteroatoms. The fourth-order valence-electron chi connectivity index (χ4n) is 1.98. The molecule has 0 fully saturated rings. The molecule has 0 saturated heterocycles. The summed E-state index contributed by atoms with van der Waals surface area (Å²) >= 11 is 0. The Labute approximate surface area is 137 Å². The number of ether oxygens (including phenoxy) is 3. The molecule has 3 rings (SSSR count). The number of hydrogen-bond donors (Lipinski definition) is 0. The highest BCUT2D eigenvalue weighted by Crippen LogP contribution is 2.25. The molecule has 2 heterocycles. The van der Waals surface area contributed by atoms with Crippen molar-refractivity contribution in [2.24, 2.45) is 0 Å². The maximum Gasteiger partial charge on any atom is 0.342 e. The molecule has 0 aliphatic heterocycles. The van der Waals surface area contributed by atoms with Crippen LogP contribution in [-0.4, -0.2) is 30.4 Å². The molecular formula is C16H14N2O6. The van der Waals surface area contributed by atoms with Crippen molar-refractivity contribution >= 4 is 5.97 Å². The lowest BCUT2D eigenvalue weighted by atomic mass is 10.2. The predicted molar refractivity (Wildman–Crippen MR) is 80.7 cm³/mol. The highest BCUT2D eigenvalue weighted by Gasteiger charge is 2.17. The molecule has 0 N–H and O–H groups in total. The van der Waals surface area contributed by atoms with Gasteiger partial charge in [-0.1, -0.05) is 0 Å². The summed E-state index contributed by atoms with van der Waals surface area (Å²) < 4.78 is 25.9. The van der Waals surface area contributed by atoms with E-state index in [0.29, 0.717) is 17.3 Å². The Morgan fingerprint density at radius 1 is 1.17 bits per heavy atom. The highest BCUT2D eigenvalue weighted by molar-refractivity contribution is 5.92.